The predicted octanol–water partition coefficient (Wildman–Crippen LogP) is 3.51. The fourth-order valence-electron chi connectivity index (χ4n) is 3.00. The molecule has 0 spiro atoms. The van der Waals surface area contributed by atoms with E-state index < -0.39 is 27.5 Å². The number of hydrogen-bond donors (Lipinski definition) is 1. The first-order valence-corrected chi connectivity index (χ1v) is 11.4. The third-order valence-electron chi connectivity index (χ3n) is 4.53. The van der Waals surface area contributed by atoms with Crippen molar-refractivity contribution in [2.45, 2.75) is 25.3 Å². The first kappa shape index (κ1) is 23.0. The quantitative estimate of drug-likeness (QED) is 0.420. The van der Waals surface area contributed by atoms with Crippen LogP contribution in [0, 0.1) is 0 Å². The molecule has 3 rings (SSSR count). The van der Waals surface area contributed by atoms with Crippen LogP contribution < -0.4 is 10.9 Å². The monoisotopic (exact) mass is 459 g/mol. The average molecular weight is 459 g/mol. The summed E-state index contributed by atoms with van der Waals surface area (Å²) in [6.07, 6.45) is -0.653. The van der Waals surface area contributed by atoms with E-state index in [1.807, 2.05) is 0 Å². The molecule has 0 bridgehead atoms. The fourth-order valence-corrected chi connectivity index (χ4v) is 4.08. The minimum absolute atomic E-state index is 0.0810. The molecule has 0 aliphatic carbocycles. The minimum atomic E-state index is -3.63. The van der Waals surface area contributed by atoms with Crippen molar-refractivity contribution in [3.63, 3.8) is 0 Å². The average Bonchev–Trinajstić information content (AvgIpc) is 2.77. The Labute approximate surface area is 183 Å². The molecule has 9 nitrogen and oxygen atoms in total. The number of amides is 1. The molecule has 0 aliphatic rings. The van der Waals surface area contributed by atoms with Crippen molar-refractivity contribution in [2.75, 3.05) is 17.7 Å². The van der Waals surface area contributed by atoms with E-state index in [9.17, 15) is 22.8 Å². The van der Waals surface area contributed by atoms with Gasteiger partial charge in [0.1, 0.15) is 12.2 Å². The van der Waals surface area contributed by atoms with Crippen LogP contribution in [0.3, 0.4) is 0 Å². The van der Waals surface area contributed by atoms with Gasteiger partial charge in [0.05, 0.1) is 22.8 Å². The fraction of sp³-hybridized carbons (Fsp3) is 0.227. The van der Waals surface area contributed by atoms with Crippen molar-refractivity contribution in [3.05, 3.63) is 70.1 Å². The lowest BCUT2D eigenvalue weighted by Gasteiger charge is -2.11. The van der Waals surface area contributed by atoms with Crippen molar-refractivity contribution in [1.82, 2.24) is 0 Å². The molecular weight excluding hydrogens is 438 g/mol. The third kappa shape index (κ3) is 5.14. The summed E-state index contributed by atoms with van der Waals surface area (Å²) in [5.41, 5.74) is 0.134. The molecule has 0 atom stereocenters. The van der Waals surface area contributed by atoms with E-state index in [-0.39, 0.29) is 35.0 Å². The second-order valence-corrected chi connectivity index (χ2v) is 8.87. The standard InChI is InChI=1S/C22H21NO8S/c1-3-29-22(26)23-15-9-10-16-14(11-20(24)31-18(16)12-15)13-30-21(25)17-7-5-6-8-19(17)32(27,28)4-2/h5-12H,3-4,13H2,1-2H3,(H,23,26). The van der Waals surface area contributed by atoms with Crippen LogP contribution in [0.25, 0.3) is 11.0 Å². The highest BCUT2D eigenvalue weighted by molar-refractivity contribution is 7.91. The maximum atomic E-state index is 12.6. The van der Waals surface area contributed by atoms with Gasteiger partial charge in [-0.25, -0.2) is 22.8 Å². The summed E-state index contributed by atoms with van der Waals surface area (Å²) in [4.78, 5) is 36.1. The normalized spacial score (nSPS) is 11.2. The number of hydrogen-bond acceptors (Lipinski definition) is 8. The number of ether oxygens (including phenoxy) is 2. The summed E-state index contributed by atoms with van der Waals surface area (Å²) >= 11 is 0. The van der Waals surface area contributed by atoms with Crippen molar-refractivity contribution in [3.8, 4) is 0 Å². The molecule has 0 radical (unpaired) electrons. The minimum Gasteiger partial charge on any atom is -0.457 e. The molecule has 0 unspecified atom stereocenters. The summed E-state index contributed by atoms with van der Waals surface area (Å²) < 4.78 is 39.8. The number of rotatable bonds is 7. The molecular formula is C22H21NO8S. The van der Waals surface area contributed by atoms with Crippen molar-refractivity contribution >= 4 is 38.6 Å². The number of sulfone groups is 1. The maximum absolute atomic E-state index is 12.6. The third-order valence-corrected chi connectivity index (χ3v) is 6.32. The Hall–Kier alpha value is -3.66. The Kier molecular flexibility index (Phi) is 6.94. The van der Waals surface area contributed by atoms with E-state index in [2.05, 4.69) is 5.32 Å². The molecule has 168 valence electrons. The van der Waals surface area contributed by atoms with Crippen molar-refractivity contribution in [1.29, 1.82) is 0 Å². The number of carbonyl (C=O) groups is 2. The van der Waals surface area contributed by atoms with E-state index in [0.29, 0.717) is 16.6 Å². The molecule has 1 amide bonds. The summed E-state index contributed by atoms with van der Waals surface area (Å²) in [5.74, 6) is -0.997. The Bertz CT molecular complexity index is 1330. The van der Waals surface area contributed by atoms with Crippen LogP contribution in [0.2, 0.25) is 0 Å². The molecule has 0 saturated heterocycles. The smallest absolute Gasteiger partial charge is 0.411 e. The van der Waals surface area contributed by atoms with Crippen LogP contribution >= 0.6 is 0 Å². The van der Waals surface area contributed by atoms with E-state index in [4.69, 9.17) is 13.9 Å². The Morgan fingerprint density at radius 2 is 1.78 bits per heavy atom. The number of carbonyl (C=O) groups excluding carboxylic acids is 2. The molecule has 0 saturated carbocycles. The van der Waals surface area contributed by atoms with E-state index in [0.717, 1.165) is 0 Å². The molecule has 32 heavy (non-hydrogen) atoms. The van der Waals surface area contributed by atoms with Gasteiger partial charge >= 0.3 is 17.7 Å². The van der Waals surface area contributed by atoms with Crippen molar-refractivity contribution < 1.29 is 31.9 Å². The lowest BCUT2D eigenvalue weighted by atomic mass is 10.1. The van der Waals surface area contributed by atoms with Gasteiger partial charge in [0.2, 0.25) is 0 Å². The van der Waals surface area contributed by atoms with Crippen molar-refractivity contribution in [2.24, 2.45) is 0 Å². The van der Waals surface area contributed by atoms with Gasteiger partial charge in [-0.05, 0) is 31.2 Å². The van der Waals surface area contributed by atoms with Gasteiger partial charge in [-0.1, -0.05) is 19.1 Å². The second-order valence-electron chi connectivity index (χ2n) is 6.62. The van der Waals surface area contributed by atoms with Crippen LogP contribution in [0.15, 0.2) is 62.6 Å². The van der Waals surface area contributed by atoms with Crippen LogP contribution in [-0.2, 0) is 25.9 Å². The molecule has 1 aromatic heterocycles. The molecule has 2 aromatic carbocycles. The number of benzene rings is 2. The van der Waals surface area contributed by atoms with Crippen LogP contribution in [0.5, 0.6) is 0 Å². The molecule has 1 heterocycles. The highest BCUT2D eigenvalue weighted by Gasteiger charge is 2.22. The molecule has 1 N–H and O–H groups in total. The zero-order valence-electron chi connectivity index (χ0n) is 17.4. The van der Waals surface area contributed by atoms with Crippen LogP contribution in [0.1, 0.15) is 29.8 Å². The first-order chi connectivity index (χ1) is 15.2. The predicted molar refractivity (Wildman–Crippen MR) is 116 cm³/mol. The number of esters is 1. The van der Waals surface area contributed by atoms with Crippen LogP contribution in [0.4, 0.5) is 10.5 Å². The molecule has 0 fully saturated rings. The van der Waals surface area contributed by atoms with Gasteiger partial charge < -0.3 is 13.9 Å². The summed E-state index contributed by atoms with van der Waals surface area (Å²) in [5, 5.41) is 2.99. The number of fused-ring (bicyclic) bond motifs is 1. The molecule has 3 aromatic rings. The van der Waals surface area contributed by atoms with E-state index in [1.165, 1.54) is 43.3 Å². The summed E-state index contributed by atoms with van der Waals surface area (Å²) in [7, 11) is -3.63. The SMILES string of the molecule is CCOC(=O)Nc1ccc2c(COC(=O)c3ccccc3S(=O)(=O)CC)cc(=O)oc2c1. The highest BCUT2D eigenvalue weighted by Crippen LogP contribution is 2.23. The lowest BCUT2D eigenvalue weighted by Crippen LogP contribution is -2.14. The molecule has 0 aliphatic heterocycles. The van der Waals surface area contributed by atoms with Gasteiger partial charge in [-0.3, -0.25) is 5.32 Å². The van der Waals surface area contributed by atoms with Gasteiger partial charge in [0, 0.05) is 28.8 Å². The zero-order chi connectivity index (χ0) is 23.3. The Morgan fingerprint density at radius 1 is 1.03 bits per heavy atom. The summed E-state index contributed by atoms with van der Waals surface area (Å²) in [6.45, 7) is 3.07. The summed E-state index contributed by atoms with van der Waals surface area (Å²) in [6, 6.07) is 11.6. The Morgan fingerprint density at radius 3 is 2.50 bits per heavy atom. The number of nitrogens with one attached hydrogen (secondary N) is 1. The van der Waals surface area contributed by atoms with E-state index >= 15 is 0 Å². The number of anilines is 1. The lowest BCUT2D eigenvalue weighted by molar-refractivity contribution is 0.0469. The van der Waals surface area contributed by atoms with Gasteiger partial charge in [-0.2, -0.15) is 0 Å². The van der Waals surface area contributed by atoms with Crippen LogP contribution in [-0.4, -0.2) is 32.8 Å². The Balaban J connectivity index is 1.86. The highest BCUT2D eigenvalue weighted by atomic mass is 32.2. The van der Waals surface area contributed by atoms with Gasteiger partial charge in [0.15, 0.2) is 9.84 Å². The van der Waals surface area contributed by atoms with E-state index in [1.54, 1.807) is 19.1 Å². The zero-order valence-corrected chi connectivity index (χ0v) is 18.2. The maximum Gasteiger partial charge on any atom is 0.411 e. The second kappa shape index (κ2) is 9.65. The largest absolute Gasteiger partial charge is 0.457 e. The molecule has 10 heteroatoms. The van der Waals surface area contributed by atoms with Gasteiger partial charge in [0.25, 0.3) is 0 Å². The van der Waals surface area contributed by atoms with Gasteiger partial charge in [-0.15, -0.1) is 0 Å². The topological polar surface area (TPSA) is 129 Å². The first-order valence-electron chi connectivity index (χ1n) is 9.74.